The molecular formula is C12H17Cl2N3. The Morgan fingerprint density at radius 3 is 2.94 bits per heavy atom. The van der Waals surface area contributed by atoms with E-state index in [2.05, 4.69) is 15.2 Å². The van der Waals surface area contributed by atoms with Gasteiger partial charge in [-0.15, -0.1) is 0 Å². The first-order chi connectivity index (χ1) is 8.16. The Morgan fingerprint density at radius 1 is 1.35 bits per heavy atom. The molecule has 1 saturated heterocycles. The summed E-state index contributed by atoms with van der Waals surface area (Å²) in [5.74, 6) is 0. The predicted octanol–water partition coefficient (Wildman–Crippen LogP) is 2.49. The van der Waals surface area contributed by atoms with Crippen molar-refractivity contribution in [2.75, 3.05) is 26.2 Å². The van der Waals surface area contributed by atoms with Crippen LogP contribution in [0.2, 0.25) is 10.2 Å². The van der Waals surface area contributed by atoms with E-state index in [1.165, 1.54) is 0 Å². The van der Waals surface area contributed by atoms with Crippen LogP contribution in [0.3, 0.4) is 0 Å². The van der Waals surface area contributed by atoms with Crippen molar-refractivity contribution in [3.8, 4) is 0 Å². The molecule has 0 radical (unpaired) electrons. The van der Waals surface area contributed by atoms with E-state index < -0.39 is 0 Å². The summed E-state index contributed by atoms with van der Waals surface area (Å²) >= 11 is 12.4. The lowest BCUT2D eigenvalue weighted by Crippen LogP contribution is -2.28. The Labute approximate surface area is 112 Å². The van der Waals surface area contributed by atoms with Crippen LogP contribution < -0.4 is 5.32 Å². The van der Waals surface area contributed by atoms with Crippen molar-refractivity contribution in [2.24, 2.45) is 0 Å². The second-order valence-corrected chi connectivity index (χ2v) is 5.16. The van der Waals surface area contributed by atoms with E-state index in [1.807, 2.05) is 13.0 Å². The molecule has 94 valence electrons. The summed E-state index contributed by atoms with van der Waals surface area (Å²) in [4.78, 5) is 6.63. The van der Waals surface area contributed by atoms with Gasteiger partial charge in [0.2, 0.25) is 0 Å². The van der Waals surface area contributed by atoms with Crippen LogP contribution in [0.5, 0.6) is 0 Å². The highest BCUT2D eigenvalue weighted by Gasteiger charge is 2.14. The molecule has 0 aromatic carbocycles. The third-order valence-electron chi connectivity index (χ3n) is 2.96. The van der Waals surface area contributed by atoms with Gasteiger partial charge in [0.1, 0.15) is 5.15 Å². The summed E-state index contributed by atoms with van der Waals surface area (Å²) in [6, 6.07) is 1.87. The van der Waals surface area contributed by atoms with E-state index in [0.717, 1.165) is 55.4 Å². The minimum atomic E-state index is 0.534. The minimum absolute atomic E-state index is 0.534. The van der Waals surface area contributed by atoms with Crippen molar-refractivity contribution >= 4 is 23.2 Å². The molecule has 1 aromatic heterocycles. The first-order valence-corrected chi connectivity index (χ1v) is 6.67. The van der Waals surface area contributed by atoms with Gasteiger partial charge in [0, 0.05) is 35.9 Å². The molecule has 5 heteroatoms. The average Bonchev–Trinajstić information content (AvgIpc) is 2.51. The molecule has 0 bridgehead atoms. The number of aryl methyl sites for hydroxylation is 1. The molecule has 1 aromatic rings. The Bertz CT molecular complexity index is 364. The summed E-state index contributed by atoms with van der Waals surface area (Å²) in [6.45, 7) is 6.90. The number of aromatic nitrogens is 1. The van der Waals surface area contributed by atoms with Gasteiger partial charge in [-0.1, -0.05) is 23.2 Å². The number of hydrogen-bond acceptors (Lipinski definition) is 3. The van der Waals surface area contributed by atoms with Gasteiger partial charge in [0.25, 0.3) is 0 Å². The van der Waals surface area contributed by atoms with Crippen molar-refractivity contribution in [3.05, 3.63) is 27.5 Å². The largest absolute Gasteiger partial charge is 0.315 e. The van der Waals surface area contributed by atoms with Crippen LogP contribution in [0.15, 0.2) is 6.07 Å². The molecule has 0 atom stereocenters. The molecule has 0 amide bonds. The molecule has 1 N–H and O–H groups in total. The summed E-state index contributed by atoms with van der Waals surface area (Å²) in [6.07, 6.45) is 1.16. The maximum absolute atomic E-state index is 6.23. The molecular weight excluding hydrogens is 257 g/mol. The highest BCUT2D eigenvalue weighted by molar-refractivity contribution is 6.35. The van der Waals surface area contributed by atoms with Gasteiger partial charge in [0.05, 0.1) is 0 Å². The normalized spacial score (nSPS) is 18.1. The van der Waals surface area contributed by atoms with Gasteiger partial charge >= 0.3 is 0 Å². The van der Waals surface area contributed by atoms with Crippen LogP contribution in [0.25, 0.3) is 0 Å². The highest BCUT2D eigenvalue weighted by atomic mass is 35.5. The molecule has 3 nitrogen and oxygen atoms in total. The van der Waals surface area contributed by atoms with E-state index in [-0.39, 0.29) is 0 Å². The Kier molecular flexibility index (Phi) is 4.62. The van der Waals surface area contributed by atoms with Gasteiger partial charge in [-0.25, -0.2) is 4.98 Å². The minimum Gasteiger partial charge on any atom is -0.315 e. The lowest BCUT2D eigenvalue weighted by Gasteiger charge is -2.20. The molecule has 0 spiro atoms. The summed E-state index contributed by atoms with van der Waals surface area (Å²) in [5.41, 5.74) is 1.81. The number of pyridine rings is 1. The van der Waals surface area contributed by atoms with Crippen LogP contribution in [-0.2, 0) is 6.54 Å². The van der Waals surface area contributed by atoms with Gasteiger partial charge in [-0.3, -0.25) is 4.90 Å². The molecule has 0 saturated carbocycles. The fourth-order valence-corrected chi connectivity index (χ4v) is 2.70. The highest BCUT2D eigenvalue weighted by Crippen LogP contribution is 2.25. The molecule has 0 aliphatic carbocycles. The van der Waals surface area contributed by atoms with E-state index >= 15 is 0 Å². The monoisotopic (exact) mass is 273 g/mol. The zero-order valence-electron chi connectivity index (χ0n) is 9.97. The smallest absolute Gasteiger partial charge is 0.135 e. The van der Waals surface area contributed by atoms with E-state index in [4.69, 9.17) is 23.2 Å². The number of halogens is 2. The summed E-state index contributed by atoms with van der Waals surface area (Å²) < 4.78 is 0. The summed E-state index contributed by atoms with van der Waals surface area (Å²) in [5, 5.41) is 4.63. The van der Waals surface area contributed by atoms with Gasteiger partial charge in [-0.05, 0) is 32.5 Å². The van der Waals surface area contributed by atoms with Crippen molar-refractivity contribution < 1.29 is 0 Å². The third-order valence-corrected chi connectivity index (χ3v) is 3.61. The van der Waals surface area contributed by atoms with Crippen molar-refractivity contribution in [1.82, 2.24) is 15.2 Å². The lowest BCUT2D eigenvalue weighted by atomic mass is 10.2. The standard InChI is InChI=1S/C12H17Cl2N3/c1-9-7-11(13)10(12(14)16-9)8-17-5-2-3-15-4-6-17/h7,15H,2-6,8H2,1H3. The van der Waals surface area contributed by atoms with Gasteiger partial charge in [0.15, 0.2) is 0 Å². The van der Waals surface area contributed by atoms with E-state index in [0.29, 0.717) is 5.15 Å². The van der Waals surface area contributed by atoms with Crippen LogP contribution in [0.4, 0.5) is 0 Å². The van der Waals surface area contributed by atoms with Crippen LogP contribution in [0, 0.1) is 6.92 Å². The van der Waals surface area contributed by atoms with Crippen LogP contribution in [-0.4, -0.2) is 36.1 Å². The van der Waals surface area contributed by atoms with Crippen LogP contribution in [0.1, 0.15) is 17.7 Å². The zero-order valence-corrected chi connectivity index (χ0v) is 11.5. The molecule has 1 aliphatic rings. The molecule has 1 aliphatic heterocycles. The Hall–Kier alpha value is -0.350. The number of hydrogen-bond donors (Lipinski definition) is 1. The maximum Gasteiger partial charge on any atom is 0.135 e. The zero-order chi connectivity index (χ0) is 12.3. The third kappa shape index (κ3) is 3.55. The Balaban J connectivity index is 2.11. The topological polar surface area (TPSA) is 28.2 Å². The quantitative estimate of drug-likeness (QED) is 0.840. The second-order valence-electron chi connectivity index (χ2n) is 4.39. The van der Waals surface area contributed by atoms with Crippen LogP contribution >= 0.6 is 23.2 Å². The average molecular weight is 274 g/mol. The maximum atomic E-state index is 6.23. The molecule has 2 rings (SSSR count). The first-order valence-electron chi connectivity index (χ1n) is 5.91. The fraction of sp³-hybridized carbons (Fsp3) is 0.583. The van der Waals surface area contributed by atoms with Crippen molar-refractivity contribution in [1.29, 1.82) is 0 Å². The molecule has 17 heavy (non-hydrogen) atoms. The Morgan fingerprint density at radius 2 is 2.18 bits per heavy atom. The second kappa shape index (κ2) is 6.01. The number of nitrogens with zero attached hydrogens (tertiary/aromatic N) is 2. The SMILES string of the molecule is Cc1cc(Cl)c(CN2CCCNCC2)c(Cl)n1. The van der Waals surface area contributed by atoms with Gasteiger partial charge in [-0.2, -0.15) is 0 Å². The molecule has 0 unspecified atom stereocenters. The van der Waals surface area contributed by atoms with E-state index in [9.17, 15) is 0 Å². The number of rotatable bonds is 2. The first kappa shape index (κ1) is 13.1. The van der Waals surface area contributed by atoms with Crippen molar-refractivity contribution in [2.45, 2.75) is 19.9 Å². The predicted molar refractivity (Wildman–Crippen MR) is 71.8 cm³/mol. The fourth-order valence-electron chi connectivity index (χ4n) is 2.05. The summed E-state index contributed by atoms with van der Waals surface area (Å²) in [7, 11) is 0. The van der Waals surface area contributed by atoms with Gasteiger partial charge < -0.3 is 5.32 Å². The molecule has 2 heterocycles. The van der Waals surface area contributed by atoms with E-state index in [1.54, 1.807) is 0 Å². The lowest BCUT2D eigenvalue weighted by molar-refractivity contribution is 0.284. The number of nitrogens with one attached hydrogen (secondary N) is 1. The van der Waals surface area contributed by atoms with Crippen molar-refractivity contribution in [3.63, 3.8) is 0 Å². The molecule has 1 fully saturated rings.